The molecule has 0 spiro atoms. The molecule has 5 rings (SSSR count). The van der Waals surface area contributed by atoms with Crippen molar-refractivity contribution in [2.24, 2.45) is 7.05 Å². The van der Waals surface area contributed by atoms with Gasteiger partial charge in [0.1, 0.15) is 17.7 Å². The van der Waals surface area contributed by atoms with Gasteiger partial charge in [-0.1, -0.05) is 0 Å². The van der Waals surface area contributed by atoms with E-state index in [0.717, 1.165) is 17.0 Å². The Morgan fingerprint density at radius 2 is 2.00 bits per heavy atom. The van der Waals surface area contributed by atoms with Gasteiger partial charge in [-0.3, -0.25) is 19.1 Å². The number of hydrogen-bond donors (Lipinski definition) is 2. The van der Waals surface area contributed by atoms with Crippen molar-refractivity contribution in [1.29, 1.82) is 0 Å². The molecule has 2 aliphatic rings. The zero-order valence-corrected chi connectivity index (χ0v) is 24.7. The Morgan fingerprint density at radius 3 is 2.74 bits per heavy atom. The molecule has 3 heterocycles. The molecule has 1 saturated heterocycles. The lowest BCUT2D eigenvalue weighted by atomic mass is 10.00. The van der Waals surface area contributed by atoms with Crippen LogP contribution in [-0.2, 0) is 29.6 Å². The highest BCUT2D eigenvalue weighted by Gasteiger charge is 2.34. The van der Waals surface area contributed by atoms with Crippen LogP contribution in [0.25, 0.3) is 0 Å². The zero-order valence-electron chi connectivity index (χ0n) is 24.7. The summed E-state index contributed by atoms with van der Waals surface area (Å²) in [6.07, 6.45) is 0.749. The van der Waals surface area contributed by atoms with E-state index >= 15 is 0 Å². The van der Waals surface area contributed by atoms with Crippen molar-refractivity contribution in [1.82, 2.24) is 25.3 Å². The van der Waals surface area contributed by atoms with Gasteiger partial charge in [0.15, 0.2) is 18.1 Å². The Bertz CT molecular complexity index is 1540. The number of aryl methyl sites for hydroxylation is 2. The van der Waals surface area contributed by atoms with Gasteiger partial charge in [-0.25, -0.2) is 4.39 Å². The van der Waals surface area contributed by atoms with Crippen molar-refractivity contribution >= 4 is 17.7 Å². The highest BCUT2D eigenvalue weighted by Crippen LogP contribution is 2.29. The third kappa shape index (κ3) is 6.90. The van der Waals surface area contributed by atoms with Crippen LogP contribution in [0.5, 0.6) is 17.2 Å². The van der Waals surface area contributed by atoms with Gasteiger partial charge < -0.3 is 29.7 Å². The van der Waals surface area contributed by atoms with Crippen LogP contribution in [0.2, 0.25) is 0 Å². The van der Waals surface area contributed by atoms with Crippen molar-refractivity contribution < 1.29 is 33.0 Å². The lowest BCUT2D eigenvalue weighted by Gasteiger charge is -2.39. The molecule has 2 aliphatic heterocycles. The van der Waals surface area contributed by atoms with Gasteiger partial charge in [0.2, 0.25) is 5.91 Å². The number of carbonyl (C=O) groups excluding carboxylic acids is 3. The first-order valence-electron chi connectivity index (χ1n) is 14.2. The first kappa shape index (κ1) is 29.9. The number of ether oxygens (including phenoxy) is 3. The Balaban J connectivity index is 1.37. The van der Waals surface area contributed by atoms with Crippen LogP contribution in [0, 0.1) is 19.7 Å². The minimum atomic E-state index is -0.580. The fourth-order valence-electron chi connectivity index (χ4n) is 5.58. The number of fused-ring (bicyclic) bond motifs is 5. The Kier molecular flexibility index (Phi) is 8.84. The number of halogens is 1. The van der Waals surface area contributed by atoms with Gasteiger partial charge in [0.25, 0.3) is 11.8 Å². The van der Waals surface area contributed by atoms with E-state index in [0.29, 0.717) is 37.1 Å². The standard InChI is InChI=1S/C31H36FN5O6/c1-18-24(19(2)36(3)35-18)6-8-30(39)37-10-9-26-25(16-37)34-29(38)17-42-28-13-21(5-7-27(28)41-4)31(40)33-15-20-11-22(32)14-23(12-20)43-26/h5,7,11-14,25-26H,6,8-10,15-17H2,1-4H3,(H,33,40)(H,34,38)/t25-,26+/m1/s1. The summed E-state index contributed by atoms with van der Waals surface area (Å²) in [6.45, 7) is 4.26. The average molecular weight is 594 g/mol. The second kappa shape index (κ2) is 12.7. The topological polar surface area (TPSA) is 124 Å². The lowest BCUT2D eigenvalue weighted by molar-refractivity contribution is -0.135. The molecule has 4 bridgehead atoms. The fourth-order valence-corrected chi connectivity index (χ4v) is 5.58. The van der Waals surface area contributed by atoms with E-state index in [1.54, 1.807) is 23.1 Å². The van der Waals surface area contributed by atoms with Crippen molar-refractivity contribution in [3.63, 3.8) is 0 Å². The summed E-state index contributed by atoms with van der Waals surface area (Å²) >= 11 is 0. The van der Waals surface area contributed by atoms with Gasteiger partial charge in [0, 0.05) is 56.8 Å². The molecule has 0 unspecified atom stereocenters. The molecule has 228 valence electrons. The van der Waals surface area contributed by atoms with Crippen molar-refractivity contribution in [3.05, 3.63) is 70.3 Å². The number of nitrogens with zero attached hydrogens (tertiary/aromatic N) is 3. The molecule has 12 heteroatoms. The normalized spacial score (nSPS) is 19.0. The molecular formula is C31H36FN5O6. The van der Waals surface area contributed by atoms with Crippen LogP contribution >= 0.6 is 0 Å². The number of hydrogen-bond acceptors (Lipinski definition) is 7. The first-order valence-corrected chi connectivity index (χ1v) is 14.2. The number of likely N-dealkylation sites (tertiary alicyclic amines) is 1. The summed E-state index contributed by atoms with van der Waals surface area (Å²) < 4.78 is 33.7. The second-order valence-electron chi connectivity index (χ2n) is 10.9. The minimum Gasteiger partial charge on any atom is -0.493 e. The van der Waals surface area contributed by atoms with Crippen molar-refractivity contribution in [2.45, 2.75) is 51.8 Å². The molecule has 0 aliphatic carbocycles. The number of aromatic nitrogens is 2. The van der Waals surface area contributed by atoms with Gasteiger partial charge in [-0.2, -0.15) is 5.10 Å². The van der Waals surface area contributed by atoms with E-state index in [9.17, 15) is 18.8 Å². The van der Waals surface area contributed by atoms with Gasteiger partial charge >= 0.3 is 0 Å². The summed E-state index contributed by atoms with van der Waals surface area (Å²) in [5.74, 6) is -0.554. The first-order chi connectivity index (χ1) is 20.6. The van der Waals surface area contributed by atoms with Crippen LogP contribution < -0.4 is 24.8 Å². The minimum absolute atomic E-state index is 0.0379. The third-order valence-corrected chi connectivity index (χ3v) is 7.95. The van der Waals surface area contributed by atoms with Gasteiger partial charge in [-0.05, 0) is 61.7 Å². The summed E-state index contributed by atoms with van der Waals surface area (Å²) in [7, 11) is 3.34. The molecule has 2 atom stereocenters. The maximum Gasteiger partial charge on any atom is 0.258 e. The van der Waals surface area contributed by atoms with E-state index in [1.165, 1.54) is 25.3 Å². The third-order valence-electron chi connectivity index (χ3n) is 7.95. The fraction of sp³-hybridized carbons (Fsp3) is 0.419. The molecule has 1 fully saturated rings. The summed E-state index contributed by atoms with van der Waals surface area (Å²) in [5, 5.41) is 10.2. The maximum atomic E-state index is 14.6. The molecule has 0 saturated carbocycles. The zero-order chi connectivity index (χ0) is 30.7. The largest absolute Gasteiger partial charge is 0.493 e. The molecule has 43 heavy (non-hydrogen) atoms. The summed E-state index contributed by atoms with van der Waals surface area (Å²) in [5.41, 5.74) is 3.78. The van der Waals surface area contributed by atoms with Crippen molar-refractivity contribution in [2.75, 3.05) is 26.8 Å². The molecule has 0 radical (unpaired) electrons. The van der Waals surface area contributed by atoms with E-state index in [4.69, 9.17) is 14.2 Å². The predicted molar refractivity (Wildman–Crippen MR) is 155 cm³/mol. The monoisotopic (exact) mass is 593 g/mol. The lowest BCUT2D eigenvalue weighted by Crippen LogP contribution is -2.58. The van der Waals surface area contributed by atoms with E-state index < -0.39 is 29.8 Å². The predicted octanol–water partition coefficient (Wildman–Crippen LogP) is 2.60. The number of rotatable bonds is 4. The number of amides is 3. The van der Waals surface area contributed by atoms with E-state index in [1.807, 2.05) is 25.6 Å². The highest BCUT2D eigenvalue weighted by molar-refractivity contribution is 5.95. The summed E-state index contributed by atoms with van der Waals surface area (Å²) in [6, 6.07) is 8.31. The van der Waals surface area contributed by atoms with Crippen LogP contribution in [-0.4, -0.2) is 71.4 Å². The highest BCUT2D eigenvalue weighted by atomic mass is 19.1. The van der Waals surface area contributed by atoms with Gasteiger partial charge in [0.05, 0.1) is 18.8 Å². The maximum absolute atomic E-state index is 14.6. The Hall–Kier alpha value is -4.61. The smallest absolute Gasteiger partial charge is 0.258 e. The van der Waals surface area contributed by atoms with E-state index in [-0.39, 0.29) is 42.7 Å². The van der Waals surface area contributed by atoms with Crippen LogP contribution in [0.4, 0.5) is 4.39 Å². The van der Waals surface area contributed by atoms with Gasteiger partial charge in [-0.15, -0.1) is 0 Å². The number of carbonyl (C=O) groups is 3. The number of nitrogens with one attached hydrogen (secondary N) is 2. The molecule has 3 aromatic rings. The molecule has 2 aromatic carbocycles. The summed E-state index contributed by atoms with van der Waals surface area (Å²) in [4.78, 5) is 40.9. The SMILES string of the molecule is COc1ccc2cc1OCC(=O)N[C@@H]1CN(C(=O)CCc3c(C)nn(C)c3C)CC[C@@H]1Oc1cc(F)cc(c1)CNC2=O. The molecule has 1 aromatic heterocycles. The molecular weight excluding hydrogens is 557 g/mol. The average Bonchev–Trinajstić information content (AvgIpc) is 3.23. The number of methoxy groups -OCH3 is 1. The van der Waals surface area contributed by atoms with Crippen molar-refractivity contribution in [3.8, 4) is 17.2 Å². The van der Waals surface area contributed by atoms with Crippen LogP contribution in [0.3, 0.4) is 0 Å². The Morgan fingerprint density at radius 1 is 1.19 bits per heavy atom. The number of benzene rings is 2. The van der Waals surface area contributed by atoms with Crippen LogP contribution in [0.15, 0.2) is 36.4 Å². The molecule has 3 amide bonds. The number of piperidine rings is 1. The quantitative estimate of drug-likeness (QED) is 0.477. The van der Waals surface area contributed by atoms with Crippen LogP contribution in [0.1, 0.15) is 45.7 Å². The molecule has 11 nitrogen and oxygen atoms in total. The Labute approximate surface area is 249 Å². The van der Waals surface area contributed by atoms with E-state index in [2.05, 4.69) is 15.7 Å². The molecule has 2 N–H and O–H groups in total. The second-order valence-corrected chi connectivity index (χ2v) is 10.9.